The third-order valence-electron chi connectivity index (χ3n) is 2.78. The quantitative estimate of drug-likeness (QED) is 0.771. The van der Waals surface area contributed by atoms with Gasteiger partial charge in [-0.2, -0.15) is 0 Å². The maximum Gasteiger partial charge on any atom is 0.308 e. The van der Waals surface area contributed by atoms with Gasteiger partial charge in [0.2, 0.25) is 0 Å². The second kappa shape index (κ2) is 5.55. The van der Waals surface area contributed by atoms with Crippen molar-refractivity contribution < 1.29 is 9.53 Å². The van der Waals surface area contributed by atoms with Crippen LogP contribution in [-0.2, 0) is 9.53 Å². The Balaban J connectivity index is 2.96. The standard InChI is InChI=1S/C12H14Cl2O2/c1-7(8(2)12(15)16-3)10-5-4-9(13)6-11(10)14/h4-8H,1-3H3. The SMILES string of the molecule is COC(=O)C(C)C(C)c1ccc(Cl)cc1Cl. The second-order valence-corrected chi connectivity index (χ2v) is 4.61. The van der Waals surface area contributed by atoms with Crippen LogP contribution in [-0.4, -0.2) is 13.1 Å². The number of rotatable bonds is 3. The largest absolute Gasteiger partial charge is 0.469 e. The first-order chi connectivity index (χ1) is 7.47. The van der Waals surface area contributed by atoms with Crippen molar-refractivity contribution in [1.82, 2.24) is 0 Å². The van der Waals surface area contributed by atoms with E-state index in [0.29, 0.717) is 10.0 Å². The maximum atomic E-state index is 11.4. The molecule has 0 saturated heterocycles. The number of hydrogen-bond donors (Lipinski definition) is 0. The van der Waals surface area contributed by atoms with Gasteiger partial charge in [-0.1, -0.05) is 43.1 Å². The summed E-state index contributed by atoms with van der Waals surface area (Å²) in [5.41, 5.74) is 0.906. The van der Waals surface area contributed by atoms with Gasteiger partial charge in [0.25, 0.3) is 0 Å². The van der Waals surface area contributed by atoms with Crippen molar-refractivity contribution >= 4 is 29.2 Å². The van der Waals surface area contributed by atoms with E-state index in [4.69, 9.17) is 27.9 Å². The number of methoxy groups -OCH3 is 1. The van der Waals surface area contributed by atoms with Crippen molar-refractivity contribution in [2.45, 2.75) is 19.8 Å². The smallest absolute Gasteiger partial charge is 0.308 e. The van der Waals surface area contributed by atoms with E-state index in [2.05, 4.69) is 0 Å². The molecule has 0 radical (unpaired) electrons. The van der Waals surface area contributed by atoms with Gasteiger partial charge < -0.3 is 4.74 Å². The highest BCUT2D eigenvalue weighted by molar-refractivity contribution is 6.35. The molecule has 0 aliphatic carbocycles. The summed E-state index contributed by atoms with van der Waals surface area (Å²) in [4.78, 5) is 11.4. The highest BCUT2D eigenvalue weighted by Crippen LogP contribution is 2.32. The van der Waals surface area contributed by atoms with Gasteiger partial charge in [0.15, 0.2) is 0 Å². The summed E-state index contributed by atoms with van der Waals surface area (Å²) in [7, 11) is 1.38. The van der Waals surface area contributed by atoms with Gasteiger partial charge in [-0.3, -0.25) is 4.79 Å². The van der Waals surface area contributed by atoms with E-state index in [1.54, 1.807) is 12.1 Å². The van der Waals surface area contributed by atoms with Crippen LogP contribution in [0.25, 0.3) is 0 Å². The van der Waals surface area contributed by atoms with Gasteiger partial charge >= 0.3 is 5.97 Å². The Morgan fingerprint density at radius 1 is 1.31 bits per heavy atom. The molecule has 2 unspecified atom stereocenters. The molecule has 1 rings (SSSR count). The summed E-state index contributed by atoms with van der Waals surface area (Å²) in [6.07, 6.45) is 0. The summed E-state index contributed by atoms with van der Waals surface area (Å²) in [6.45, 7) is 3.76. The fourth-order valence-electron chi connectivity index (χ4n) is 1.53. The van der Waals surface area contributed by atoms with E-state index < -0.39 is 0 Å². The van der Waals surface area contributed by atoms with E-state index in [-0.39, 0.29) is 17.8 Å². The lowest BCUT2D eigenvalue weighted by Gasteiger charge is -2.19. The molecular formula is C12H14Cl2O2. The fourth-order valence-corrected chi connectivity index (χ4v) is 2.11. The van der Waals surface area contributed by atoms with Crippen molar-refractivity contribution in [2.24, 2.45) is 5.92 Å². The molecule has 4 heteroatoms. The Morgan fingerprint density at radius 3 is 2.44 bits per heavy atom. The molecular weight excluding hydrogens is 247 g/mol. The number of benzene rings is 1. The van der Waals surface area contributed by atoms with Gasteiger partial charge in [0.1, 0.15) is 0 Å². The zero-order valence-corrected chi connectivity index (χ0v) is 11.0. The van der Waals surface area contributed by atoms with Crippen LogP contribution in [0.5, 0.6) is 0 Å². The summed E-state index contributed by atoms with van der Waals surface area (Å²) < 4.78 is 4.71. The van der Waals surface area contributed by atoms with Crippen LogP contribution in [0, 0.1) is 5.92 Å². The van der Waals surface area contributed by atoms with Gasteiger partial charge in [0.05, 0.1) is 13.0 Å². The highest BCUT2D eigenvalue weighted by atomic mass is 35.5. The fraction of sp³-hybridized carbons (Fsp3) is 0.417. The predicted octanol–water partition coefficient (Wildman–Crippen LogP) is 3.91. The molecule has 16 heavy (non-hydrogen) atoms. The van der Waals surface area contributed by atoms with Crippen LogP contribution < -0.4 is 0 Å². The molecule has 0 saturated carbocycles. The van der Waals surface area contributed by atoms with Crippen LogP contribution in [0.3, 0.4) is 0 Å². The average Bonchev–Trinajstić information content (AvgIpc) is 2.26. The van der Waals surface area contributed by atoms with Crippen molar-refractivity contribution in [3.63, 3.8) is 0 Å². The van der Waals surface area contributed by atoms with Crippen LogP contribution >= 0.6 is 23.2 Å². The first-order valence-corrected chi connectivity index (χ1v) is 5.75. The summed E-state index contributed by atoms with van der Waals surface area (Å²) >= 11 is 11.9. The lowest BCUT2D eigenvalue weighted by Crippen LogP contribution is -2.19. The van der Waals surface area contributed by atoms with E-state index in [9.17, 15) is 4.79 Å². The number of halogens is 2. The molecule has 0 heterocycles. The number of ether oxygens (including phenoxy) is 1. The third-order valence-corrected chi connectivity index (χ3v) is 3.34. The molecule has 2 atom stereocenters. The topological polar surface area (TPSA) is 26.3 Å². The predicted molar refractivity (Wildman–Crippen MR) is 66.1 cm³/mol. The van der Waals surface area contributed by atoms with Gasteiger partial charge in [0, 0.05) is 10.0 Å². The van der Waals surface area contributed by atoms with Crippen LogP contribution in [0.1, 0.15) is 25.3 Å². The minimum Gasteiger partial charge on any atom is -0.469 e. The van der Waals surface area contributed by atoms with Crippen molar-refractivity contribution in [1.29, 1.82) is 0 Å². The Hall–Kier alpha value is -0.730. The molecule has 0 aromatic heterocycles. The molecule has 0 aliphatic rings. The lowest BCUT2D eigenvalue weighted by atomic mass is 9.89. The summed E-state index contributed by atoms with van der Waals surface area (Å²) in [5, 5.41) is 1.17. The molecule has 1 aromatic carbocycles. The van der Waals surface area contributed by atoms with E-state index in [1.165, 1.54) is 7.11 Å². The highest BCUT2D eigenvalue weighted by Gasteiger charge is 2.23. The third kappa shape index (κ3) is 2.89. The van der Waals surface area contributed by atoms with Crippen molar-refractivity contribution in [3.8, 4) is 0 Å². The van der Waals surface area contributed by atoms with Crippen molar-refractivity contribution in [2.75, 3.05) is 7.11 Å². The van der Waals surface area contributed by atoms with Gasteiger partial charge in [-0.05, 0) is 23.6 Å². The van der Waals surface area contributed by atoms with Crippen molar-refractivity contribution in [3.05, 3.63) is 33.8 Å². The Kier molecular flexibility index (Phi) is 4.63. The lowest BCUT2D eigenvalue weighted by molar-refractivity contribution is -0.145. The molecule has 0 aliphatic heterocycles. The maximum absolute atomic E-state index is 11.4. The van der Waals surface area contributed by atoms with Crippen LogP contribution in [0.4, 0.5) is 0 Å². The zero-order valence-electron chi connectivity index (χ0n) is 9.46. The van der Waals surface area contributed by atoms with E-state index >= 15 is 0 Å². The Morgan fingerprint density at radius 2 is 1.94 bits per heavy atom. The Bertz CT molecular complexity index is 391. The number of carbonyl (C=O) groups is 1. The van der Waals surface area contributed by atoms with E-state index in [1.807, 2.05) is 19.9 Å². The minimum absolute atomic E-state index is 0.00258. The molecule has 0 fully saturated rings. The first kappa shape index (κ1) is 13.3. The second-order valence-electron chi connectivity index (χ2n) is 3.77. The number of hydrogen-bond acceptors (Lipinski definition) is 2. The average molecular weight is 261 g/mol. The Labute approximate surface area is 106 Å². The van der Waals surface area contributed by atoms with E-state index in [0.717, 1.165) is 5.56 Å². The number of carbonyl (C=O) groups excluding carboxylic acids is 1. The molecule has 1 aromatic rings. The zero-order chi connectivity index (χ0) is 12.3. The molecule has 0 bridgehead atoms. The molecule has 0 spiro atoms. The molecule has 2 nitrogen and oxygen atoms in total. The van der Waals surface area contributed by atoms with Gasteiger partial charge in [-0.25, -0.2) is 0 Å². The summed E-state index contributed by atoms with van der Waals surface area (Å²) in [6, 6.07) is 5.29. The number of esters is 1. The first-order valence-electron chi connectivity index (χ1n) is 5.00. The molecule has 88 valence electrons. The molecule has 0 N–H and O–H groups in total. The van der Waals surface area contributed by atoms with Gasteiger partial charge in [-0.15, -0.1) is 0 Å². The minimum atomic E-state index is -0.237. The van der Waals surface area contributed by atoms with Crippen LogP contribution in [0.2, 0.25) is 10.0 Å². The normalized spacial score (nSPS) is 14.3. The molecule has 0 amide bonds. The monoisotopic (exact) mass is 260 g/mol. The van der Waals surface area contributed by atoms with Crippen LogP contribution in [0.15, 0.2) is 18.2 Å². The summed E-state index contributed by atoms with van der Waals surface area (Å²) in [5.74, 6) is -0.473.